The van der Waals surface area contributed by atoms with Crippen LogP contribution in [0.3, 0.4) is 0 Å². The van der Waals surface area contributed by atoms with Crippen molar-refractivity contribution in [3.8, 4) is 0 Å². The van der Waals surface area contributed by atoms with E-state index in [-0.39, 0.29) is 17.9 Å². The van der Waals surface area contributed by atoms with Gasteiger partial charge in [-0.05, 0) is 12.8 Å². The molecule has 0 aromatic carbocycles. The Morgan fingerprint density at radius 3 is 2.94 bits per heavy atom. The van der Waals surface area contributed by atoms with E-state index in [9.17, 15) is 4.79 Å². The first-order valence-corrected chi connectivity index (χ1v) is 6.41. The molecule has 0 saturated carbocycles. The third kappa shape index (κ3) is 3.10. The van der Waals surface area contributed by atoms with Crippen LogP contribution < -0.4 is 0 Å². The summed E-state index contributed by atoms with van der Waals surface area (Å²) in [5, 5.41) is 0. The molecule has 0 aliphatic carbocycles. The van der Waals surface area contributed by atoms with Crippen LogP contribution in [0.5, 0.6) is 0 Å². The molecular weight excluding hydrogens is 228 g/mol. The Hall–Kier alpha value is -1.35. The molecule has 0 N–H and O–H groups in total. The summed E-state index contributed by atoms with van der Waals surface area (Å²) < 4.78 is 10.3. The molecule has 2 heterocycles. The normalized spacial score (nSPS) is 31.4. The molecule has 0 bridgehead atoms. The van der Waals surface area contributed by atoms with Crippen LogP contribution in [-0.4, -0.2) is 17.9 Å². The van der Waals surface area contributed by atoms with E-state index in [4.69, 9.17) is 9.47 Å². The molecule has 0 radical (unpaired) electrons. The number of esters is 1. The first-order valence-electron chi connectivity index (χ1n) is 6.41. The smallest absolute Gasteiger partial charge is 0.311 e. The van der Waals surface area contributed by atoms with Gasteiger partial charge in [-0.15, -0.1) is 0 Å². The average Bonchev–Trinajstić information content (AvgIpc) is 2.80. The van der Waals surface area contributed by atoms with E-state index in [0.29, 0.717) is 12.3 Å². The lowest BCUT2D eigenvalue weighted by atomic mass is 10.0. The van der Waals surface area contributed by atoms with Crippen LogP contribution in [0.1, 0.15) is 33.6 Å². The van der Waals surface area contributed by atoms with Crippen LogP contribution in [0.15, 0.2) is 36.0 Å². The summed E-state index contributed by atoms with van der Waals surface area (Å²) >= 11 is 0. The minimum atomic E-state index is -0.346. The summed E-state index contributed by atoms with van der Waals surface area (Å²) in [5.74, 6) is 0.422. The zero-order valence-corrected chi connectivity index (χ0v) is 11.2. The van der Waals surface area contributed by atoms with E-state index in [1.807, 2.05) is 0 Å². The second-order valence-corrected chi connectivity index (χ2v) is 5.33. The number of allylic oxidation sites excluding steroid dienone is 5. The largest absolute Gasteiger partial charge is 0.432 e. The first-order chi connectivity index (χ1) is 8.52. The number of fused-ring (bicyclic) bond motifs is 1. The maximum Gasteiger partial charge on any atom is 0.311 e. The molecule has 2 fully saturated rings. The van der Waals surface area contributed by atoms with Crippen molar-refractivity contribution < 1.29 is 14.3 Å². The van der Waals surface area contributed by atoms with E-state index >= 15 is 0 Å². The molecule has 2 rings (SSSR count). The van der Waals surface area contributed by atoms with Crippen LogP contribution >= 0.6 is 0 Å². The van der Waals surface area contributed by atoms with Gasteiger partial charge < -0.3 is 9.47 Å². The molecule has 0 spiro atoms. The van der Waals surface area contributed by atoms with Crippen molar-refractivity contribution in [3.05, 3.63) is 36.0 Å². The highest BCUT2D eigenvalue weighted by molar-refractivity contribution is 5.75. The van der Waals surface area contributed by atoms with Crippen LogP contribution in [0.4, 0.5) is 0 Å². The molecule has 3 nitrogen and oxygen atoms in total. The van der Waals surface area contributed by atoms with Gasteiger partial charge in [0.05, 0.1) is 6.42 Å². The number of carbonyl (C=O) groups is 1. The topological polar surface area (TPSA) is 38.8 Å². The molecule has 2 unspecified atom stereocenters. The van der Waals surface area contributed by atoms with Gasteiger partial charge in [0.25, 0.3) is 0 Å². The van der Waals surface area contributed by atoms with Gasteiger partial charge in [0.15, 0.2) is 0 Å². The molecule has 3 heteroatoms. The fourth-order valence-corrected chi connectivity index (χ4v) is 1.99. The average molecular weight is 248 g/mol. The van der Waals surface area contributed by atoms with Crippen molar-refractivity contribution >= 4 is 5.97 Å². The summed E-state index contributed by atoms with van der Waals surface area (Å²) in [6.45, 7) is 6.35. The van der Waals surface area contributed by atoms with Gasteiger partial charge in [0.2, 0.25) is 6.29 Å². The minimum absolute atomic E-state index is 0.146. The Balaban J connectivity index is 1.80. The summed E-state index contributed by atoms with van der Waals surface area (Å²) in [6, 6.07) is 0. The van der Waals surface area contributed by atoms with E-state index in [0.717, 1.165) is 6.42 Å². The fraction of sp³-hybridized carbons (Fsp3) is 0.533. The molecule has 2 aliphatic heterocycles. The van der Waals surface area contributed by atoms with Crippen LogP contribution in [0, 0.1) is 5.92 Å². The molecule has 98 valence electrons. The predicted molar refractivity (Wildman–Crippen MR) is 69.8 cm³/mol. The predicted octanol–water partition coefficient (Wildman–Crippen LogP) is 3.13. The standard InChI is InChI=1S/C15H20O3/c1-11(2)6-4-7-12(3)8-5-9-15-10-13(16)17-14(15)18-15/h4-8,11,14H,9-10H2,1-3H3/b6-4+,8-5+,12-7+. The van der Waals surface area contributed by atoms with Crippen molar-refractivity contribution in [3.63, 3.8) is 0 Å². The van der Waals surface area contributed by atoms with Crippen LogP contribution in [-0.2, 0) is 14.3 Å². The SMILES string of the molecule is CC(/C=C/CC12CC(=O)OC1O2)=C\C=C\C(C)C. The quantitative estimate of drug-likeness (QED) is 0.426. The molecule has 18 heavy (non-hydrogen) atoms. The lowest BCUT2D eigenvalue weighted by molar-refractivity contribution is -0.147. The lowest BCUT2D eigenvalue weighted by Gasteiger charge is -1.99. The number of ether oxygens (including phenoxy) is 2. The maximum absolute atomic E-state index is 11.0. The summed E-state index contributed by atoms with van der Waals surface area (Å²) in [4.78, 5) is 11.0. The highest BCUT2D eigenvalue weighted by Gasteiger charge is 2.65. The van der Waals surface area contributed by atoms with Crippen molar-refractivity contribution in [1.82, 2.24) is 0 Å². The number of epoxide rings is 1. The second-order valence-electron chi connectivity index (χ2n) is 5.33. The molecule has 0 aromatic rings. The highest BCUT2D eigenvalue weighted by atomic mass is 16.8. The van der Waals surface area contributed by atoms with Gasteiger partial charge in [-0.2, -0.15) is 0 Å². The van der Waals surface area contributed by atoms with E-state index in [1.165, 1.54) is 5.57 Å². The Morgan fingerprint density at radius 1 is 1.56 bits per heavy atom. The number of rotatable bonds is 5. The van der Waals surface area contributed by atoms with Gasteiger partial charge >= 0.3 is 5.97 Å². The summed E-state index contributed by atoms with van der Waals surface area (Å²) in [6.07, 6.45) is 11.2. The van der Waals surface area contributed by atoms with Gasteiger partial charge in [0.1, 0.15) is 5.60 Å². The molecule has 2 aliphatic rings. The number of hydrogen-bond acceptors (Lipinski definition) is 3. The van der Waals surface area contributed by atoms with E-state index < -0.39 is 0 Å². The van der Waals surface area contributed by atoms with Gasteiger partial charge in [0, 0.05) is 6.42 Å². The molecular formula is C15H20O3. The van der Waals surface area contributed by atoms with Gasteiger partial charge in [-0.3, -0.25) is 4.79 Å². The molecule has 2 atom stereocenters. The Labute approximate surface area is 108 Å². The highest BCUT2D eigenvalue weighted by Crippen LogP contribution is 2.49. The van der Waals surface area contributed by atoms with Crippen molar-refractivity contribution in [2.24, 2.45) is 5.92 Å². The van der Waals surface area contributed by atoms with Crippen LogP contribution in [0.2, 0.25) is 0 Å². The molecule has 0 amide bonds. The second kappa shape index (κ2) is 5.11. The van der Waals surface area contributed by atoms with E-state index in [1.54, 1.807) is 0 Å². The third-order valence-electron chi connectivity index (χ3n) is 3.10. The number of hydrogen-bond donors (Lipinski definition) is 0. The Kier molecular flexibility index (Phi) is 3.71. The van der Waals surface area contributed by atoms with Crippen LogP contribution in [0.25, 0.3) is 0 Å². The van der Waals surface area contributed by atoms with E-state index in [2.05, 4.69) is 51.2 Å². The minimum Gasteiger partial charge on any atom is -0.432 e. The maximum atomic E-state index is 11.0. The monoisotopic (exact) mass is 248 g/mol. The first kappa shape index (κ1) is 13.1. The molecule has 2 saturated heterocycles. The summed E-state index contributed by atoms with van der Waals surface area (Å²) in [5.41, 5.74) is 0.840. The van der Waals surface area contributed by atoms with Crippen molar-refractivity contribution in [2.75, 3.05) is 0 Å². The summed E-state index contributed by atoms with van der Waals surface area (Å²) in [7, 11) is 0. The Bertz CT molecular complexity index is 417. The lowest BCUT2D eigenvalue weighted by Crippen LogP contribution is -2.09. The van der Waals surface area contributed by atoms with Crippen molar-refractivity contribution in [2.45, 2.75) is 45.5 Å². The van der Waals surface area contributed by atoms with Crippen molar-refractivity contribution in [1.29, 1.82) is 0 Å². The fourth-order valence-electron chi connectivity index (χ4n) is 1.99. The zero-order chi connectivity index (χ0) is 13.2. The van der Waals surface area contributed by atoms with Gasteiger partial charge in [-0.25, -0.2) is 0 Å². The van der Waals surface area contributed by atoms with Gasteiger partial charge in [-0.1, -0.05) is 49.8 Å². The Morgan fingerprint density at radius 2 is 2.33 bits per heavy atom. The third-order valence-corrected chi connectivity index (χ3v) is 3.10. The molecule has 0 aromatic heterocycles. The zero-order valence-electron chi connectivity index (χ0n) is 11.2. The number of carbonyl (C=O) groups excluding carboxylic acids is 1.